The number of piperidine rings is 1. The molecule has 0 aliphatic carbocycles. The number of likely N-dealkylation sites (tertiary alicyclic amines) is 1. The Bertz CT molecular complexity index is 998. The van der Waals surface area contributed by atoms with Gasteiger partial charge in [0, 0.05) is 18.2 Å². The van der Waals surface area contributed by atoms with Gasteiger partial charge in [-0.3, -0.25) is 15.0 Å². The predicted octanol–water partition coefficient (Wildman–Crippen LogP) is 3.68. The first-order valence-corrected chi connectivity index (χ1v) is 9.82. The third kappa shape index (κ3) is 3.17. The number of benzene rings is 1. The minimum Gasteiger partial charge on any atom is -0.492 e. The molecule has 4 rings (SSSR count). The van der Waals surface area contributed by atoms with Gasteiger partial charge in [0.05, 0.1) is 15.8 Å². The quantitative estimate of drug-likeness (QED) is 0.542. The number of nitrogens with zero attached hydrogens (tertiary/aromatic N) is 5. The maximum Gasteiger partial charge on any atom is 0.269 e. The monoisotopic (exact) mass is 387 g/mol. The zero-order valence-corrected chi connectivity index (χ0v) is 16.0. The van der Waals surface area contributed by atoms with Gasteiger partial charge in [0.1, 0.15) is 5.82 Å². The molecule has 0 amide bonds. The van der Waals surface area contributed by atoms with Gasteiger partial charge in [-0.2, -0.15) is 4.52 Å². The van der Waals surface area contributed by atoms with Crippen molar-refractivity contribution >= 4 is 22.0 Å². The Labute approximate surface area is 160 Å². The second kappa shape index (κ2) is 6.90. The summed E-state index contributed by atoms with van der Waals surface area (Å²) in [6, 6.07) is 6.73. The Morgan fingerprint density at radius 1 is 1.41 bits per heavy atom. The summed E-state index contributed by atoms with van der Waals surface area (Å²) in [4.78, 5) is 18.9. The average Bonchev–Trinajstić information content (AvgIpc) is 3.15. The summed E-state index contributed by atoms with van der Waals surface area (Å²) in [5.41, 5.74) is 0.853. The van der Waals surface area contributed by atoms with E-state index in [2.05, 4.69) is 21.9 Å². The van der Waals surface area contributed by atoms with Gasteiger partial charge >= 0.3 is 0 Å². The van der Waals surface area contributed by atoms with Crippen molar-refractivity contribution in [1.82, 2.24) is 19.5 Å². The molecule has 8 nitrogen and oxygen atoms in total. The van der Waals surface area contributed by atoms with Crippen LogP contribution in [0.1, 0.15) is 48.5 Å². The maximum atomic E-state index is 11.3. The van der Waals surface area contributed by atoms with Crippen LogP contribution in [0.4, 0.5) is 5.69 Å². The third-order valence-electron chi connectivity index (χ3n) is 5.14. The fraction of sp³-hybridized carbons (Fsp3) is 0.444. The standard InChI is InChI=1S/C18H21N5O3S/c1-11-6-3-4-9-21(11)15(13-7-5-8-14(10-13)23(25)26)16-17(24)22-18(27-16)19-12(2)20-22/h5,7-8,10-11,15,24H,3-4,6,9H2,1-2H3. The zero-order chi connectivity index (χ0) is 19.1. The second-order valence-corrected chi connectivity index (χ2v) is 7.99. The molecule has 1 fully saturated rings. The first-order chi connectivity index (χ1) is 13.0. The van der Waals surface area contributed by atoms with Gasteiger partial charge < -0.3 is 5.11 Å². The Morgan fingerprint density at radius 2 is 2.22 bits per heavy atom. The van der Waals surface area contributed by atoms with Gasteiger partial charge in [-0.15, -0.1) is 5.10 Å². The fourth-order valence-corrected chi connectivity index (χ4v) is 4.98. The topological polar surface area (TPSA) is 96.8 Å². The molecule has 0 radical (unpaired) electrons. The first-order valence-electron chi connectivity index (χ1n) is 9.01. The molecule has 3 heterocycles. The van der Waals surface area contributed by atoms with Gasteiger partial charge in [-0.1, -0.05) is 29.9 Å². The number of hydrogen-bond acceptors (Lipinski definition) is 7. The fourth-order valence-electron chi connectivity index (χ4n) is 3.83. The van der Waals surface area contributed by atoms with Crippen molar-refractivity contribution in [3.05, 3.63) is 50.6 Å². The summed E-state index contributed by atoms with van der Waals surface area (Å²) < 4.78 is 1.45. The van der Waals surface area contributed by atoms with Gasteiger partial charge in [0.2, 0.25) is 10.8 Å². The molecule has 3 aromatic rings. The van der Waals surface area contributed by atoms with E-state index in [1.807, 2.05) is 6.07 Å². The number of nitro groups is 1. The van der Waals surface area contributed by atoms with E-state index in [9.17, 15) is 15.2 Å². The lowest BCUT2D eigenvalue weighted by Crippen LogP contribution is -2.40. The Hall–Kier alpha value is -2.52. The number of rotatable bonds is 4. The van der Waals surface area contributed by atoms with Crippen LogP contribution >= 0.6 is 11.3 Å². The largest absolute Gasteiger partial charge is 0.492 e. The Kier molecular flexibility index (Phi) is 4.56. The normalized spacial score (nSPS) is 19.4. The van der Waals surface area contributed by atoms with E-state index < -0.39 is 0 Å². The van der Waals surface area contributed by atoms with Crippen LogP contribution in [0.25, 0.3) is 4.96 Å². The molecule has 1 saturated heterocycles. The Morgan fingerprint density at radius 3 is 2.93 bits per heavy atom. The highest BCUT2D eigenvalue weighted by atomic mass is 32.1. The molecule has 0 saturated carbocycles. The molecule has 1 aliphatic heterocycles. The van der Waals surface area contributed by atoms with Crippen molar-refractivity contribution in [2.24, 2.45) is 0 Å². The van der Waals surface area contributed by atoms with Crippen LogP contribution in [0.2, 0.25) is 0 Å². The van der Waals surface area contributed by atoms with Gasteiger partial charge in [-0.05, 0) is 38.8 Å². The van der Waals surface area contributed by atoms with Crippen LogP contribution in [-0.4, -0.2) is 42.1 Å². The van der Waals surface area contributed by atoms with Crippen molar-refractivity contribution < 1.29 is 10.0 Å². The number of nitro benzene ring substituents is 1. The molecule has 0 bridgehead atoms. The van der Waals surface area contributed by atoms with E-state index >= 15 is 0 Å². The van der Waals surface area contributed by atoms with E-state index in [1.165, 1.54) is 28.3 Å². The summed E-state index contributed by atoms with van der Waals surface area (Å²) in [5, 5.41) is 26.4. The second-order valence-electron chi connectivity index (χ2n) is 6.98. The lowest BCUT2D eigenvalue weighted by atomic mass is 9.96. The van der Waals surface area contributed by atoms with Gasteiger partial charge in [0.15, 0.2) is 0 Å². The summed E-state index contributed by atoms with van der Waals surface area (Å²) in [7, 11) is 0. The first kappa shape index (κ1) is 17.9. The molecule has 9 heteroatoms. The molecule has 1 N–H and O–H groups in total. The van der Waals surface area contributed by atoms with E-state index in [1.54, 1.807) is 19.1 Å². The molecule has 1 aliphatic rings. The van der Waals surface area contributed by atoms with E-state index in [4.69, 9.17) is 0 Å². The number of hydrogen-bond donors (Lipinski definition) is 1. The number of non-ortho nitro benzene ring substituents is 1. The molecule has 2 aromatic heterocycles. The van der Waals surface area contributed by atoms with Crippen LogP contribution in [0.5, 0.6) is 5.88 Å². The van der Waals surface area contributed by atoms with Crippen LogP contribution in [0.3, 0.4) is 0 Å². The number of fused-ring (bicyclic) bond motifs is 1. The van der Waals surface area contributed by atoms with Crippen molar-refractivity contribution in [1.29, 1.82) is 0 Å². The van der Waals surface area contributed by atoms with Crippen molar-refractivity contribution in [3.63, 3.8) is 0 Å². The lowest BCUT2D eigenvalue weighted by molar-refractivity contribution is -0.384. The number of aromatic nitrogens is 3. The smallest absolute Gasteiger partial charge is 0.269 e. The lowest BCUT2D eigenvalue weighted by Gasteiger charge is -2.39. The number of aromatic hydroxyl groups is 1. The highest BCUT2D eigenvalue weighted by Crippen LogP contribution is 2.42. The minimum absolute atomic E-state index is 0.0527. The average molecular weight is 387 g/mol. The molecule has 27 heavy (non-hydrogen) atoms. The van der Waals surface area contributed by atoms with E-state index in [-0.39, 0.29) is 22.5 Å². The maximum absolute atomic E-state index is 11.3. The van der Waals surface area contributed by atoms with Crippen molar-refractivity contribution in [3.8, 4) is 5.88 Å². The SMILES string of the molecule is Cc1nc2sc(C(c3cccc([N+](=O)[O-])c3)N3CCCCC3C)c(O)n2n1. The third-order valence-corrected chi connectivity index (χ3v) is 6.21. The molecule has 1 aromatic carbocycles. The summed E-state index contributed by atoms with van der Waals surface area (Å²) in [5.74, 6) is 0.659. The van der Waals surface area contributed by atoms with Crippen LogP contribution in [-0.2, 0) is 0 Å². The molecule has 0 spiro atoms. The van der Waals surface area contributed by atoms with Crippen molar-refractivity contribution in [2.45, 2.75) is 45.2 Å². The molecular weight excluding hydrogens is 366 g/mol. The van der Waals surface area contributed by atoms with Crippen LogP contribution in [0, 0.1) is 17.0 Å². The molecule has 2 unspecified atom stereocenters. The Balaban J connectivity index is 1.87. The number of aryl methyl sites for hydroxylation is 1. The van der Waals surface area contributed by atoms with Crippen LogP contribution < -0.4 is 0 Å². The van der Waals surface area contributed by atoms with Gasteiger partial charge in [0.25, 0.3) is 5.69 Å². The highest BCUT2D eigenvalue weighted by molar-refractivity contribution is 7.17. The van der Waals surface area contributed by atoms with Gasteiger partial charge in [-0.25, -0.2) is 4.98 Å². The highest BCUT2D eigenvalue weighted by Gasteiger charge is 2.33. The van der Waals surface area contributed by atoms with E-state index in [0.717, 1.165) is 29.8 Å². The zero-order valence-electron chi connectivity index (χ0n) is 15.2. The summed E-state index contributed by atoms with van der Waals surface area (Å²) >= 11 is 1.39. The molecule has 2 atom stereocenters. The molecule has 142 valence electrons. The summed E-state index contributed by atoms with van der Waals surface area (Å²) in [6.07, 6.45) is 3.29. The van der Waals surface area contributed by atoms with Crippen LogP contribution in [0.15, 0.2) is 24.3 Å². The molecular formula is C18H21N5O3S. The number of thiazole rings is 1. The van der Waals surface area contributed by atoms with E-state index in [0.29, 0.717) is 16.8 Å². The van der Waals surface area contributed by atoms with Crippen molar-refractivity contribution in [2.75, 3.05) is 6.54 Å². The minimum atomic E-state index is -0.383. The predicted molar refractivity (Wildman–Crippen MR) is 102 cm³/mol. The summed E-state index contributed by atoms with van der Waals surface area (Å²) in [6.45, 7) is 4.83.